The van der Waals surface area contributed by atoms with Gasteiger partial charge in [-0.3, -0.25) is 9.59 Å². The van der Waals surface area contributed by atoms with Gasteiger partial charge in [-0.1, -0.05) is 11.6 Å². The van der Waals surface area contributed by atoms with E-state index in [-0.39, 0.29) is 24.4 Å². The fraction of sp³-hybridized carbons (Fsp3) is 0.316. The van der Waals surface area contributed by atoms with Crippen LogP contribution in [0.5, 0.6) is 5.75 Å². The van der Waals surface area contributed by atoms with Gasteiger partial charge >= 0.3 is 0 Å². The van der Waals surface area contributed by atoms with Crippen LogP contribution in [0.25, 0.3) is 6.08 Å². The molecule has 0 aliphatic carbocycles. The first-order valence-electron chi connectivity index (χ1n) is 8.53. The Bertz CT molecular complexity index is 835. The molecule has 142 valence electrons. The molecule has 1 fully saturated rings. The molecule has 8 heteroatoms. The molecule has 1 aliphatic rings. The Balaban J connectivity index is 1.57. The van der Waals surface area contributed by atoms with E-state index in [1.54, 1.807) is 41.7 Å². The van der Waals surface area contributed by atoms with E-state index in [2.05, 4.69) is 9.97 Å². The number of benzene rings is 1. The number of nitrogens with zero attached hydrogens (tertiary/aromatic N) is 2. The van der Waals surface area contributed by atoms with Crippen molar-refractivity contribution in [1.29, 1.82) is 0 Å². The van der Waals surface area contributed by atoms with Gasteiger partial charge < -0.3 is 19.4 Å². The number of halogens is 1. The highest BCUT2D eigenvalue weighted by Gasteiger charge is 2.24. The van der Waals surface area contributed by atoms with E-state index in [4.69, 9.17) is 21.1 Å². The highest BCUT2D eigenvalue weighted by Crippen LogP contribution is 2.24. The molecular formula is C19H20ClN3O4. The zero-order valence-electron chi connectivity index (χ0n) is 14.9. The number of H-pyrrole nitrogens is 1. The number of amides is 1. The van der Waals surface area contributed by atoms with Gasteiger partial charge in [-0.05, 0) is 31.2 Å². The number of morpholine rings is 1. The van der Waals surface area contributed by atoms with Gasteiger partial charge in [0.05, 0.1) is 36.9 Å². The molecule has 1 atom stereocenters. The van der Waals surface area contributed by atoms with Crippen LogP contribution >= 0.6 is 11.6 Å². The van der Waals surface area contributed by atoms with Gasteiger partial charge in [-0.25, -0.2) is 4.98 Å². The Kier molecular flexibility index (Phi) is 6.26. The molecule has 0 radical (unpaired) electrons. The molecule has 0 spiro atoms. The summed E-state index contributed by atoms with van der Waals surface area (Å²) in [7, 11) is 0. The maximum atomic E-state index is 12.3. The Hall–Kier alpha value is -2.64. The van der Waals surface area contributed by atoms with E-state index in [0.29, 0.717) is 36.0 Å². The fourth-order valence-electron chi connectivity index (χ4n) is 2.73. The number of ether oxygens (including phenoxy) is 2. The smallest absolute Gasteiger partial charge is 0.246 e. The number of hydrogen-bond acceptors (Lipinski definition) is 5. The molecule has 0 saturated carbocycles. The lowest BCUT2D eigenvalue weighted by Gasteiger charge is -2.32. The number of carbonyl (C=O) groups is 2. The van der Waals surface area contributed by atoms with Gasteiger partial charge in [-0.15, -0.1) is 0 Å². The molecule has 1 aromatic carbocycles. The molecule has 1 N–H and O–H groups in total. The molecule has 1 aliphatic heterocycles. The number of rotatable bonds is 6. The predicted octanol–water partition coefficient (Wildman–Crippen LogP) is 2.59. The highest BCUT2D eigenvalue weighted by atomic mass is 35.5. The molecule has 2 heterocycles. The van der Waals surface area contributed by atoms with Gasteiger partial charge in [-0.2, -0.15) is 0 Å². The second-order valence-electron chi connectivity index (χ2n) is 6.13. The van der Waals surface area contributed by atoms with Crippen LogP contribution in [0, 0.1) is 0 Å². The van der Waals surface area contributed by atoms with E-state index in [9.17, 15) is 9.59 Å². The lowest BCUT2D eigenvalue weighted by molar-refractivity contribution is -0.134. The second kappa shape index (κ2) is 8.83. The first-order valence-corrected chi connectivity index (χ1v) is 8.91. The van der Waals surface area contributed by atoms with Crippen molar-refractivity contribution < 1.29 is 19.1 Å². The molecule has 1 amide bonds. The van der Waals surface area contributed by atoms with Gasteiger partial charge in [0.1, 0.15) is 18.5 Å². The summed E-state index contributed by atoms with van der Waals surface area (Å²) < 4.78 is 11.5. The first-order chi connectivity index (χ1) is 13.0. The van der Waals surface area contributed by atoms with Gasteiger partial charge in [0, 0.05) is 17.6 Å². The zero-order valence-corrected chi connectivity index (χ0v) is 15.6. The largest absolute Gasteiger partial charge is 0.490 e. The lowest BCUT2D eigenvalue weighted by Crippen LogP contribution is -2.47. The summed E-state index contributed by atoms with van der Waals surface area (Å²) in [5.74, 6) is 0.227. The summed E-state index contributed by atoms with van der Waals surface area (Å²) in [6.07, 6.45) is 6.10. The number of Topliss-reactive ketones (excluding diaryl/α,β-unsaturated/α-hetero) is 1. The van der Waals surface area contributed by atoms with Crippen LogP contribution in [0.1, 0.15) is 23.0 Å². The fourth-order valence-corrected chi connectivity index (χ4v) is 2.90. The number of ketones is 1. The van der Waals surface area contributed by atoms with Crippen LogP contribution < -0.4 is 4.74 Å². The maximum Gasteiger partial charge on any atom is 0.246 e. The minimum absolute atomic E-state index is 0.103. The van der Waals surface area contributed by atoms with Gasteiger partial charge in [0.15, 0.2) is 5.78 Å². The molecule has 1 unspecified atom stereocenters. The summed E-state index contributed by atoms with van der Waals surface area (Å²) in [5, 5.41) is 0.474. The molecule has 27 heavy (non-hydrogen) atoms. The average Bonchev–Trinajstić information content (AvgIpc) is 3.19. The molecule has 2 aromatic rings. The predicted molar refractivity (Wildman–Crippen MR) is 101 cm³/mol. The summed E-state index contributed by atoms with van der Waals surface area (Å²) in [4.78, 5) is 32.6. The van der Waals surface area contributed by atoms with Gasteiger partial charge in [0.2, 0.25) is 5.91 Å². The molecule has 1 aromatic heterocycles. The van der Waals surface area contributed by atoms with Crippen LogP contribution in [0.4, 0.5) is 0 Å². The quantitative estimate of drug-likeness (QED) is 0.606. The van der Waals surface area contributed by atoms with Crippen molar-refractivity contribution in [3.8, 4) is 5.75 Å². The van der Waals surface area contributed by atoms with E-state index in [1.165, 1.54) is 13.0 Å². The normalized spacial score (nSPS) is 17.3. The van der Waals surface area contributed by atoms with E-state index in [1.807, 2.05) is 0 Å². The number of aromatic nitrogens is 2. The van der Waals surface area contributed by atoms with Crippen LogP contribution in [0.2, 0.25) is 5.02 Å². The van der Waals surface area contributed by atoms with Crippen molar-refractivity contribution in [1.82, 2.24) is 14.9 Å². The monoisotopic (exact) mass is 389 g/mol. The summed E-state index contributed by atoms with van der Waals surface area (Å²) in [6.45, 7) is 3.05. The third-order valence-corrected chi connectivity index (χ3v) is 4.36. The standard InChI is InChI=1S/C19H20ClN3O4/c1-13(24)17-8-14(20)2-4-18(17)27-11-16-10-23(6-7-26-16)19(25)5-3-15-9-21-12-22-15/h2-5,8-9,12,16H,6-7,10-11H2,1H3,(H,21,22)/b5-3+. The van der Waals surface area contributed by atoms with Crippen LogP contribution in [0.3, 0.4) is 0 Å². The van der Waals surface area contributed by atoms with Crippen molar-refractivity contribution in [2.24, 2.45) is 0 Å². The number of hydrogen-bond donors (Lipinski definition) is 1. The number of nitrogens with one attached hydrogen (secondary N) is 1. The average molecular weight is 390 g/mol. The summed E-state index contributed by atoms with van der Waals surface area (Å²) >= 11 is 5.94. The molecular weight excluding hydrogens is 370 g/mol. The maximum absolute atomic E-state index is 12.3. The minimum Gasteiger partial charge on any atom is -0.490 e. The summed E-state index contributed by atoms with van der Waals surface area (Å²) in [5.41, 5.74) is 1.18. The Morgan fingerprint density at radius 3 is 3.07 bits per heavy atom. The van der Waals surface area contributed by atoms with E-state index >= 15 is 0 Å². The van der Waals surface area contributed by atoms with Crippen molar-refractivity contribution in [3.63, 3.8) is 0 Å². The van der Waals surface area contributed by atoms with Crippen molar-refractivity contribution in [2.75, 3.05) is 26.3 Å². The molecule has 1 saturated heterocycles. The first kappa shape index (κ1) is 19.1. The van der Waals surface area contributed by atoms with Crippen molar-refractivity contribution in [2.45, 2.75) is 13.0 Å². The molecule has 7 nitrogen and oxygen atoms in total. The number of imidazole rings is 1. The Morgan fingerprint density at radius 2 is 2.33 bits per heavy atom. The summed E-state index contributed by atoms with van der Waals surface area (Å²) in [6, 6.07) is 4.91. The third kappa shape index (κ3) is 5.18. The Morgan fingerprint density at radius 1 is 1.48 bits per heavy atom. The van der Waals surface area contributed by atoms with Crippen LogP contribution in [-0.2, 0) is 9.53 Å². The molecule has 3 rings (SSSR count). The SMILES string of the molecule is CC(=O)c1cc(Cl)ccc1OCC1CN(C(=O)/C=C/c2cnc[nH]2)CCO1. The van der Waals surface area contributed by atoms with Crippen molar-refractivity contribution >= 4 is 29.4 Å². The van der Waals surface area contributed by atoms with Gasteiger partial charge in [0.25, 0.3) is 0 Å². The highest BCUT2D eigenvalue weighted by molar-refractivity contribution is 6.31. The van der Waals surface area contributed by atoms with Crippen LogP contribution in [0.15, 0.2) is 36.8 Å². The zero-order chi connectivity index (χ0) is 19.2. The molecule has 0 bridgehead atoms. The number of aromatic amines is 1. The third-order valence-electron chi connectivity index (χ3n) is 4.12. The minimum atomic E-state index is -0.279. The van der Waals surface area contributed by atoms with Crippen molar-refractivity contribution in [3.05, 3.63) is 53.1 Å². The second-order valence-corrected chi connectivity index (χ2v) is 6.56. The Labute approximate surface area is 161 Å². The lowest BCUT2D eigenvalue weighted by atomic mass is 10.1. The van der Waals surface area contributed by atoms with Crippen LogP contribution in [-0.4, -0.2) is 59.0 Å². The van der Waals surface area contributed by atoms with E-state index in [0.717, 1.165) is 5.69 Å². The topological polar surface area (TPSA) is 84.5 Å². The number of carbonyl (C=O) groups excluding carboxylic acids is 2. The van der Waals surface area contributed by atoms with E-state index < -0.39 is 0 Å².